The quantitative estimate of drug-likeness (QED) is 0.517. The minimum Gasteiger partial charge on any atom is -0.386 e. The lowest BCUT2D eigenvalue weighted by Gasteiger charge is -2.19. The second kappa shape index (κ2) is 5.47. The number of halogens is 3. The molecule has 0 saturated carbocycles. The molecule has 2 nitrogen and oxygen atoms in total. The summed E-state index contributed by atoms with van der Waals surface area (Å²) in [7, 11) is 0. The largest absolute Gasteiger partial charge is 0.386 e. The number of hydrogen-bond acceptors (Lipinski definition) is 2. The summed E-state index contributed by atoms with van der Waals surface area (Å²) in [4.78, 5) is 11.9. The average molecular weight is 271 g/mol. The van der Waals surface area contributed by atoms with Crippen molar-refractivity contribution >= 4 is 5.78 Å². The molecule has 0 heterocycles. The predicted octanol–water partition coefficient (Wildman–Crippen LogP) is 3.58. The average Bonchev–Trinajstić information content (AvgIpc) is 2.29. The normalized spacial score (nSPS) is 12.5. The molecule has 0 aliphatic rings. The van der Waals surface area contributed by atoms with Gasteiger partial charge in [-0.3, -0.25) is 4.79 Å². The summed E-state index contributed by atoms with van der Waals surface area (Å²) in [6, 6.07) is 0.939. The van der Waals surface area contributed by atoms with Gasteiger partial charge in [-0.15, -0.1) is 0 Å². The van der Waals surface area contributed by atoms with Gasteiger partial charge in [-0.05, 0) is 33.8 Å². The molecule has 0 spiro atoms. The Morgan fingerprint density at radius 3 is 2.16 bits per heavy atom. The Labute approximate surface area is 110 Å². The van der Waals surface area contributed by atoms with Crippen LogP contribution >= 0.6 is 0 Å². The molecule has 0 aliphatic heterocycles. The first-order chi connectivity index (χ1) is 8.61. The Kier molecular flexibility index (Phi) is 4.39. The minimum atomic E-state index is -1.32. The first-order valence-corrected chi connectivity index (χ1v) is 5.75. The van der Waals surface area contributed by atoms with Gasteiger partial charge in [0.05, 0.1) is 5.56 Å². The highest BCUT2D eigenvalue weighted by atomic mass is 19.2. The molecule has 19 heavy (non-hydrogen) atoms. The molecule has 0 amide bonds. The summed E-state index contributed by atoms with van der Waals surface area (Å²) in [5.41, 5.74) is -0.531. The van der Waals surface area contributed by atoms with Gasteiger partial charge < -0.3 is 5.32 Å². The SMILES string of the molecule is CC(=CNC(C)(C)C)C(=O)c1cc(F)c(F)cc1F. The molecule has 0 bridgehead atoms. The number of Topliss-reactive ketones (excluding diaryl/α,β-unsaturated/α-hetero) is 1. The fraction of sp³-hybridized carbons (Fsp3) is 0.357. The van der Waals surface area contributed by atoms with Crippen molar-refractivity contribution in [1.29, 1.82) is 0 Å². The lowest BCUT2D eigenvalue weighted by atomic mass is 10.0. The van der Waals surface area contributed by atoms with Gasteiger partial charge in [0.2, 0.25) is 0 Å². The van der Waals surface area contributed by atoms with E-state index in [0.717, 1.165) is 0 Å². The van der Waals surface area contributed by atoms with E-state index in [4.69, 9.17) is 0 Å². The Morgan fingerprint density at radius 1 is 1.11 bits per heavy atom. The van der Waals surface area contributed by atoms with Crippen molar-refractivity contribution in [2.75, 3.05) is 0 Å². The van der Waals surface area contributed by atoms with Gasteiger partial charge in [0, 0.05) is 23.4 Å². The number of benzene rings is 1. The standard InChI is InChI=1S/C14H16F3NO/c1-8(7-18-14(2,3)4)13(19)9-5-11(16)12(17)6-10(9)15/h5-7,18H,1-4H3. The van der Waals surface area contributed by atoms with Gasteiger partial charge in [0.1, 0.15) is 5.82 Å². The van der Waals surface area contributed by atoms with Crippen LogP contribution in [0.3, 0.4) is 0 Å². The zero-order valence-corrected chi connectivity index (χ0v) is 11.3. The summed E-state index contributed by atoms with van der Waals surface area (Å²) in [5.74, 6) is -4.33. The molecule has 1 aromatic carbocycles. The minimum absolute atomic E-state index is 0.208. The number of hydrogen-bond donors (Lipinski definition) is 1. The molecule has 0 fully saturated rings. The van der Waals surface area contributed by atoms with E-state index in [1.165, 1.54) is 13.1 Å². The van der Waals surface area contributed by atoms with Gasteiger partial charge in [-0.25, -0.2) is 13.2 Å². The molecular formula is C14H16F3NO. The summed E-state index contributed by atoms with van der Waals surface area (Å²) < 4.78 is 39.2. The van der Waals surface area contributed by atoms with Gasteiger partial charge >= 0.3 is 0 Å². The molecule has 1 aromatic rings. The molecule has 0 aliphatic carbocycles. The van der Waals surface area contributed by atoms with Crippen LogP contribution in [0.2, 0.25) is 0 Å². The third-order valence-electron chi connectivity index (χ3n) is 2.33. The van der Waals surface area contributed by atoms with E-state index in [1.807, 2.05) is 20.8 Å². The van der Waals surface area contributed by atoms with E-state index in [-0.39, 0.29) is 11.1 Å². The van der Waals surface area contributed by atoms with Crippen molar-refractivity contribution in [1.82, 2.24) is 5.32 Å². The summed E-state index contributed by atoms with van der Waals surface area (Å²) >= 11 is 0. The third-order valence-corrected chi connectivity index (χ3v) is 2.33. The maximum Gasteiger partial charge on any atom is 0.193 e. The highest BCUT2D eigenvalue weighted by Crippen LogP contribution is 2.17. The third kappa shape index (κ3) is 4.12. The van der Waals surface area contributed by atoms with Crippen LogP contribution in [-0.2, 0) is 0 Å². The Morgan fingerprint density at radius 2 is 1.63 bits per heavy atom. The molecule has 1 rings (SSSR count). The molecule has 0 unspecified atom stereocenters. The highest BCUT2D eigenvalue weighted by molar-refractivity contribution is 6.08. The first kappa shape index (κ1) is 15.3. The molecule has 0 aromatic heterocycles. The van der Waals surface area contributed by atoms with E-state index < -0.39 is 28.8 Å². The van der Waals surface area contributed by atoms with Crippen molar-refractivity contribution < 1.29 is 18.0 Å². The van der Waals surface area contributed by atoms with E-state index >= 15 is 0 Å². The molecule has 5 heteroatoms. The lowest BCUT2D eigenvalue weighted by molar-refractivity contribution is 0.102. The van der Waals surface area contributed by atoms with Crippen LogP contribution in [0.5, 0.6) is 0 Å². The Hall–Kier alpha value is -1.78. The Bertz CT molecular complexity index is 530. The van der Waals surface area contributed by atoms with Crippen molar-refractivity contribution in [2.45, 2.75) is 33.2 Å². The highest BCUT2D eigenvalue weighted by Gasteiger charge is 2.18. The predicted molar refractivity (Wildman–Crippen MR) is 67.3 cm³/mol. The second-order valence-electron chi connectivity index (χ2n) is 5.30. The number of nitrogens with one attached hydrogen (secondary N) is 1. The van der Waals surface area contributed by atoms with Crippen LogP contribution in [0.4, 0.5) is 13.2 Å². The number of allylic oxidation sites excluding steroid dienone is 1. The van der Waals surface area contributed by atoms with Crippen molar-refractivity contribution in [3.05, 3.63) is 46.9 Å². The van der Waals surface area contributed by atoms with E-state index in [2.05, 4.69) is 5.32 Å². The van der Waals surface area contributed by atoms with Crippen LogP contribution in [0.15, 0.2) is 23.9 Å². The van der Waals surface area contributed by atoms with E-state index in [0.29, 0.717) is 12.1 Å². The van der Waals surface area contributed by atoms with Crippen LogP contribution in [-0.4, -0.2) is 11.3 Å². The van der Waals surface area contributed by atoms with Gasteiger partial charge in [0.25, 0.3) is 0 Å². The number of rotatable bonds is 3. The smallest absolute Gasteiger partial charge is 0.193 e. The van der Waals surface area contributed by atoms with Crippen LogP contribution < -0.4 is 5.32 Å². The molecule has 104 valence electrons. The molecule has 0 radical (unpaired) electrons. The van der Waals surface area contributed by atoms with E-state index in [9.17, 15) is 18.0 Å². The Balaban J connectivity index is 3.04. The van der Waals surface area contributed by atoms with Crippen molar-refractivity contribution in [3.8, 4) is 0 Å². The van der Waals surface area contributed by atoms with Crippen LogP contribution in [0.25, 0.3) is 0 Å². The zero-order valence-electron chi connectivity index (χ0n) is 11.3. The topological polar surface area (TPSA) is 29.1 Å². The maximum atomic E-state index is 13.4. The monoisotopic (exact) mass is 271 g/mol. The van der Waals surface area contributed by atoms with Crippen molar-refractivity contribution in [3.63, 3.8) is 0 Å². The fourth-order valence-corrected chi connectivity index (χ4v) is 1.30. The number of carbonyl (C=O) groups excluding carboxylic acids is 1. The number of carbonyl (C=O) groups is 1. The molecular weight excluding hydrogens is 255 g/mol. The zero-order chi connectivity index (χ0) is 14.8. The summed E-state index contributed by atoms with van der Waals surface area (Å²) in [5, 5.41) is 2.94. The van der Waals surface area contributed by atoms with Crippen LogP contribution in [0, 0.1) is 17.5 Å². The van der Waals surface area contributed by atoms with Gasteiger partial charge in [-0.2, -0.15) is 0 Å². The summed E-state index contributed by atoms with van der Waals surface area (Å²) in [6.07, 6.45) is 1.43. The first-order valence-electron chi connectivity index (χ1n) is 5.75. The van der Waals surface area contributed by atoms with Gasteiger partial charge in [-0.1, -0.05) is 0 Å². The number of ketones is 1. The van der Waals surface area contributed by atoms with Crippen LogP contribution in [0.1, 0.15) is 38.1 Å². The lowest BCUT2D eigenvalue weighted by Crippen LogP contribution is -2.31. The van der Waals surface area contributed by atoms with Gasteiger partial charge in [0.15, 0.2) is 17.4 Å². The van der Waals surface area contributed by atoms with Crippen molar-refractivity contribution in [2.24, 2.45) is 0 Å². The maximum absolute atomic E-state index is 13.4. The molecule has 0 saturated heterocycles. The second-order valence-corrected chi connectivity index (χ2v) is 5.30. The van der Waals surface area contributed by atoms with E-state index in [1.54, 1.807) is 0 Å². The molecule has 0 atom stereocenters. The summed E-state index contributed by atoms with van der Waals surface area (Å²) in [6.45, 7) is 7.14. The molecule has 1 N–H and O–H groups in total. The fourth-order valence-electron chi connectivity index (χ4n) is 1.30.